The maximum absolute atomic E-state index is 13.0. The topological polar surface area (TPSA) is 115 Å². The van der Waals surface area contributed by atoms with Crippen molar-refractivity contribution in [2.45, 2.75) is 25.1 Å². The van der Waals surface area contributed by atoms with Gasteiger partial charge in [0.05, 0.1) is 43.3 Å². The SMILES string of the molecule is COc1cc(OC)cc(N(CCCNC(=O)C(C)(O)C(F)(F)F)c2ccc3ncc(-c4cnn(C)c4)nc3c2)c1.Cl. The molecule has 2 aromatic heterocycles. The molecule has 0 aliphatic rings. The van der Waals surface area contributed by atoms with Gasteiger partial charge in [-0.05, 0) is 31.5 Å². The van der Waals surface area contributed by atoms with Crippen LogP contribution < -0.4 is 19.7 Å². The molecule has 0 bridgehead atoms. The summed E-state index contributed by atoms with van der Waals surface area (Å²) in [7, 11) is 4.86. The molecule has 0 aliphatic heterocycles. The average Bonchev–Trinajstić information content (AvgIpc) is 3.37. The van der Waals surface area contributed by atoms with Crippen molar-refractivity contribution in [3.05, 3.63) is 55.0 Å². The van der Waals surface area contributed by atoms with Gasteiger partial charge >= 0.3 is 6.18 Å². The van der Waals surface area contributed by atoms with Gasteiger partial charge in [0, 0.05) is 61.5 Å². The lowest BCUT2D eigenvalue weighted by Gasteiger charge is -2.27. The van der Waals surface area contributed by atoms with Crippen LogP contribution in [0.1, 0.15) is 13.3 Å². The normalized spacial score (nSPS) is 12.8. The molecule has 0 saturated heterocycles. The number of anilines is 2. The van der Waals surface area contributed by atoms with Gasteiger partial charge < -0.3 is 24.8 Å². The van der Waals surface area contributed by atoms with Gasteiger partial charge in [0.2, 0.25) is 5.60 Å². The molecule has 0 saturated carbocycles. The second-order valence-corrected chi connectivity index (χ2v) is 9.23. The maximum atomic E-state index is 13.0. The van der Waals surface area contributed by atoms with Crippen molar-refractivity contribution < 1.29 is 32.5 Å². The fraction of sp³-hybridized carbons (Fsp3) is 0.333. The van der Waals surface area contributed by atoms with Crippen molar-refractivity contribution in [1.82, 2.24) is 25.1 Å². The molecule has 0 spiro atoms. The number of aromatic nitrogens is 4. The zero-order valence-electron chi connectivity index (χ0n) is 22.8. The van der Waals surface area contributed by atoms with Crippen LogP contribution >= 0.6 is 12.4 Å². The quantitative estimate of drug-likeness (QED) is 0.259. The van der Waals surface area contributed by atoms with Gasteiger partial charge in [0.25, 0.3) is 5.91 Å². The summed E-state index contributed by atoms with van der Waals surface area (Å²) in [5.41, 5.74) is 0.647. The van der Waals surface area contributed by atoms with E-state index >= 15 is 0 Å². The fourth-order valence-corrected chi connectivity index (χ4v) is 3.96. The van der Waals surface area contributed by atoms with Crippen LogP contribution in [0.15, 0.2) is 55.0 Å². The van der Waals surface area contributed by atoms with Crippen LogP contribution in [0.5, 0.6) is 11.5 Å². The summed E-state index contributed by atoms with van der Waals surface area (Å²) in [5.74, 6) is -0.444. The number of benzene rings is 2. The summed E-state index contributed by atoms with van der Waals surface area (Å²) in [6, 6.07) is 10.8. The van der Waals surface area contributed by atoms with E-state index in [0.717, 1.165) is 5.56 Å². The minimum Gasteiger partial charge on any atom is -0.497 e. The molecule has 2 aromatic carbocycles. The van der Waals surface area contributed by atoms with Crippen molar-refractivity contribution in [1.29, 1.82) is 0 Å². The van der Waals surface area contributed by atoms with Crippen molar-refractivity contribution >= 4 is 40.7 Å². The van der Waals surface area contributed by atoms with E-state index in [-0.39, 0.29) is 31.9 Å². The Labute approximate surface area is 240 Å². The number of nitrogens with one attached hydrogen (secondary N) is 1. The van der Waals surface area contributed by atoms with E-state index in [1.54, 1.807) is 35.3 Å². The number of halogens is 4. The Morgan fingerprint density at radius 3 is 2.32 bits per heavy atom. The Kier molecular flexibility index (Phi) is 9.66. The van der Waals surface area contributed by atoms with E-state index in [1.807, 2.05) is 36.3 Å². The predicted octanol–water partition coefficient (Wildman–Crippen LogP) is 4.43. The Morgan fingerprint density at radius 2 is 1.73 bits per heavy atom. The van der Waals surface area contributed by atoms with E-state index in [1.165, 1.54) is 14.2 Å². The summed E-state index contributed by atoms with van der Waals surface area (Å²) >= 11 is 0. The van der Waals surface area contributed by atoms with Gasteiger partial charge in [-0.3, -0.25) is 14.5 Å². The number of nitrogens with zero attached hydrogens (tertiary/aromatic N) is 5. The second-order valence-electron chi connectivity index (χ2n) is 9.23. The largest absolute Gasteiger partial charge is 0.497 e. The van der Waals surface area contributed by atoms with E-state index in [0.29, 0.717) is 46.5 Å². The Hall–Kier alpha value is -4.10. The molecule has 0 radical (unpaired) electrons. The molecule has 2 heterocycles. The van der Waals surface area contributed by atoms with Crippen LogP contribution in [0.2, 0.25) is 0 Å². The first kappa shape index (κ1) is 31.4. The number of amides is 1. The van der Waals surface area contributed by atoms with Gasteiger partial charge in [-0.15, -0.1) is 12.4 Å². The summed E-state index contributed by atoms with van der Waals surface area (Å²) in [6.07, 6.45) is 0.347. The van der Waals surface area contributed by atoms with E-state index in [4.69, 9.17) is 14.5 Å². The van der Waals surface area contributed by atoms with Crippen molar-refractivity contribution in [3.63, 3.8) is 0 Å². The van der Waals surface area contributed by atoms with Crippen LogP contribution in [-0.4, -0.2) is 69.8 Å². The smallest absolute Gasteiger partial charge is 0.426 e. The lowest BCUT2D eigenvalue weighted by atomic mass is 10.1. The first-order chi connectivity index (χ1) is 18.9. The Bertz CT molecular complexity index is 1490. The lowest BCUT2D eigenvalue weighted by Crippen LogP contribution is -2.55. The van der Waals surface area contributed by atoms with Gasteiger partial charge in [-0.1, -0.05) is 0 Å². The highest BCUT2D eigenvalue weighted by molar-refractivity contribution is 5.86. The third-order valence-electron chi connectivity index (χ3n) is 6.32. The van der Waals surface area contributed by atoms with Crippen LogP contribution in [0, 0.1) is 0 Å². The number of carbonyl (C=O) groups is 1. The molecule has 14 heteroatoms. The molecule has 220 valence electrons. The molecule has 0 aliphatic carbocycles. The van der Waals surface area contributed by atoms with Gasteiger partial charge in [-0.25, -0.2) is 4.98 Å². The summed E-state index contributed by atoms with van der Waals surface area (Å²) in [4.78, 5) is 23.2. The van der Waals surface area contributed by atoms with Crippen molar-refractivity contribution in [2.75, 3.05) is 32.2 Å². The number of carbonyl (C=O) groups excluding carboxylic acids is 1. The number of aliphatic hydroxyl groups is 1. The van der Waals surface area contributed by atoms with Crippen molar-refractivity contribution in [3.8, 4) is 22.8 Å². The molecule has 1 unspecified atom stereocenters. The predicted molar refractivity (Wildman–Crippen MR) is 150 cm³/mol. The monoisotopic (exact) mass is 594 g/mol. The maximum Gasteiger partial charge on any atom is 0.426 e. The molecule has 10 nitrogen and oxygen atoms in total. The van der Waals surface area contributed by atoms with Gasteiger partial charge in [0.1, 0.15) is 11.5 Å². The number of alkyl halides is 3. The zero-order valence-corrected chi connectivity index (χ0v) is 23.6. The zero-order chi connectivity index (χ0) is 29.1. The van der Waals surface area contributed by atoms with Gasteiger partial charge in [0.15, 0.2) is 0 Å². The highest BCUT2D eigenvalue weighted by atomic mass is 35.5. The molecular formula is C27H30ClF3N6O4. The molecule has 41 heavy (non-hydrogen) atoms. The molecule has 2 N–H and O–H groups in total. The van der Waals surface area contributed by atoms with E-state index in [2.05, 4.69) is 15.4 Å². The van der Waals surface area contributed by atoms with Crippen LogP contribution in [-0.2, 0) is 11.8 Å². The molecule has 4 aromatic rings. The lowest BCUT2D eigenvalue weighted by molar-refractivity contribution is -0.245. The fourth-order valence-electron chi connectivity index (χ4n) is 3.96. The minimum atomic E-state index is -5.10. The van der Waals surface area contributed by atoms with E-state index in [9.17, 15) is 23.1 Å². The molecule has 1 amide bonds. The van der Waals surface area contributed by atoms with Crippen LogP contribution in [0.25, 0.3) is 22.3 Å². The summed E-state index contributed by atoms with van der Waals surface area (Å²) in [6.45, 7) is 0.597. The minimum absolute atomic E-state index is 0. The highest BCUT2D eigenvalue weighted by Crippen LogP contribution is 2.34. The number of rotatable bonds is 10. The summed E-state index contributed by atoms with van der Waals surface area (Å²) < 4.78 is 51.5. The molecule has 0 fully saturated rings. The highest BCUT2D eigenvalue weighted by Gasteiger charge is 2.55. The third kappa shape index (κ3) is 6.98. The average molecular weight is 595 g/mol. The van der Waals surface area contributed by atoms with Gasteiger partial charge in [-0.2, -0.15) is 18.3 Å². The number of fused-ring (bicyclic) bond motifs is 1. The van der Waals surface area contributed by atoms with Crippen molar-refractivity contribution in [2.24, 2.45) is 7.05 Å². The molecular weight excluding hydrogens is 565 g/mol. The first-order valence-electron chi connectivity index (χ1n) is 12.3. The van der Waals surface area contributed by atoms with Crippen LogP contribution in [0.4, 0.5) is 24.5 Å². The standard InChI is InChI=1S/C27H29F3N6O4.ClH/c1-26(38,27(28,29)30)25(37)31-8-5-9-36(19-10-20(39-3)13-21(11-19)40-4)18-6-7-22-23(12-18)34-24(15-32-22)17-14-33-35(2)16-17;/h6-7,10-16,38H,5,8-9H2,1-4H3,(H,31,37);1H. The number of ether oxygens (including phenoxy) is 2. The number of methoxy groups -OCH3 is 2. The molecule has 1 atom stereocenters. The second kappa shape index (κ2) is 12.6. The van der Waals surface area contributed by atoms with E-state index < -0.39 is 17.7 Å². The Morgan fingerprint density at radius 1 is 1.05 bits per heavy atom. The Balaban J connectivity index is 0.00000462. The number of aryl methyl sites for hydroxylation is 1. The first-order valence-corrected chi connectivity index (χ1v) is 12.3. The number of hydrogen-bond donors (Lipinski definition) is 2. The molecule has 4 rings (SSSR count). The number of hydrogen-bond acceptors (Lipinski definition) is 8. The third-order valence-corrected chi connectivity index (χ3v) is 6.32. The van der Waals surface area contributed by atoms with Crippen LogP contribution in [0.3, 0.4) is 0 Å². The summed E-state index contributed by atoms with van der Waals surface area (Å²) in [5, 5.41) is 16.0.